The van der Waals surface area contributed by atoms with Gasteiger partial charge in [0.25, 0.3) is 0 Å². The molecule has 25 heavy (non-hydrogen) atoms. The predicted molar refractivity (Wildman–Crippen MR) is 77.0 cm³/mol. The molecule has 11 heteroatoms. The molecule has 0 aliphatic rings. The second kappa shape index (κ2) is 6.97. The number of nitrogens with zero attached hydrogens (tertiary/aromatic N) is 2. The molecule has 0 saturated carbocycles. The number of aliphatic hydroxyl groups is 1. The van der Waals surface area contributed by atoms with E-state index in [1.54, 1.807) is 0 Å². The molecule has 0 amide bonds. The van der Waals surface area contributed by atoms with Crippen molar-refractivity contribution in [2.45, 2.75) is 18.5 Å². The van der Waals surface area contributed by atoms with Crippen molar-refractivity contribution in [2.75, 3.05) is 0 Å². The van der Waals surface area contributed by atoms with Gasteiger partial charge in [0.2, 0.25) is 0 Å². The van der Waals surface area contributed by atoms with Crippen molar-refractivity contribution in [2.24, 2.45) is 0 Å². The number of hydrogen-bond donors (Lipinski definition) is 1. The largest absolute Gasteiger partial charge is 0.419 e. The summed E-state index contributed by atoms with van der Waals surface area (Å²) in [5.74, 6) is -0.326. The topological polar surface area (TPSA) is 46.0 Å². The summed E-state index contributed by atoms with van der Waals surface area (Å²) in [5, 5.41) is 9.05. The second-order valence-electron chi connectivity index (χ2n) is 4.81. The van der Waals surface area contributed by atoms with E-state index in [0.29, 0.717) is 12.4 Å². The Balaban J connectivity index is 2.42. The highest BCUT2D eigenvalue weighted by atomic mass is 35.5. The van der Waals surface area contributed by atoms with E-state index in [2.05, 4.69) is 9.97 Å². The normalized spacial score (nSPS) is 13.8. The molecule has 1 radical (unpaired) electrons. The molecule has 0 aliphatic carbocycles. The lowest BCUT2D eigenvalue weighted by atomic mass is 9.99. The lowest BCUT2D eigenvalue weighted by molar-refractivity contribution is -0.206. The molecule has 0 fully saturated rings. The van der Waals surface area contributed by atoms with Crippen LogP contribution in [0.15, 0.2) is 24.5 Å². The number of alkyl halides is 6. The van der Waals surface area contributed by atoms with Crippen LogP contribution < -0.4 is 0 Å². The molecular formula is C14H7Cl2F6N2O. The number of aliphatic hydroxyl groups excluding tert-OH is 1. The van der Waals surface area contributed by atoms with Crippen molar-refractivity contribution < 1.29 is 31.4 Å². The number of hydrogen-bond acceptors (Lipinski definition) is 3. The first-order valence-corrected chi connectivity index (χ1v) is 7.13. The standard InChI is InChI=1S/C14H7Cl2F6N2O/c15-7-1-9(12(25)14(20,21)22)8(10(16)2-7)3-11-23-4-6(5-24-11)13(17,18)19/h1-5,12,25H/t12-/m0/s1. The zero-order valence-corrected chi connectivity index (χ0v) is 13.3. The average Bonchev–Trinajstić information content (AvgIpc) is 2.47. The van der Waals surface area contributed by atoms with Crippen molar-refractivity contribution in [1.29, 1.82) is 0 Å². The van der Waals surface area contributed by atoms with Crippen molar-refractivity contribution in [3.63, 3.8) is 0 Å². The number of benzene rings is 1. The van der Waals surface area contributed by atoms with Gasteiger partial charge in [0.1, 0.15) is 5.82 Å². The minimum Gasteiger partial charge on any atom is -0.379 e. The first-order chi connectivity index (χ1) is 11.4. The van der Waals surface area contributed by atoms with Gasteiger partial charge in [-0.25, -0.2) is 9.97 Å². The van der Waals surface area contributed by atoms with Gasteiger partial charge in [-0.05, 0) is 23.3 Å². The van der Waals surface area contributed by atoms with Gasteiger partial charge >= 0.3 is 12.4 Å². The first-order valence-electron chi connectivity index (χ1n) is 6.37. The van der Waals surface area contributed by atoms with Crippen LogP contribution in [0.5, 0.6) is 0 Å². The summed E-state index contributed by atoms with van der Waals surface area (Å²) in [6.07, 6.45) is -10.7. The van der Waals surface area contributed by atoms with E-state index in [0.717, 1.165) is 18.6 Å². The van der Waals surface area contributed by atoms with Crippen molar-refractivity contribution in [1.82, 2.24) is 9.97 Å². The SMILES string of the molecule is O[C@@H](c1cc(Cl)cc(Cl)c1[CH]c1ncc(C(F)(F)F)cn1)C(F)(F)F. The highest BCUT2D eigenvalue weighted by molar-refractivity contribution is 6.35. The van der Waals surface area contributed by atoms with E-state index >= 15 is 0 Å². The van der Waals surface area contributed by atoms with E-state index in [1.807, 2.05) is 0 Å². The minimum atomic E-state index is -5.00. The fraction of sp³-hybridized carbons (Fsp3) is 0.214. The number of rotatable bonds is 3. The van der Waals surface area contributed by atoms with Gasteiger partial charge in [-0.1, -0.05) is 23.2 Å². The Morgan fingerprint density at radius 2 is 1.56 bits per heavy atom. The summed E-state index contributed by atoms with van der Waals surface area (Å²) >= 11 is 11.5. The van der Waals surface area contributed by atoms with Crippen LogP contribution >= 0.6 is 23.2 Å². The molecule has 0 aliphatic heterocycles. The Bertz CT molecular complexity index is 762. The molecule has 1 aromatic carbocycles. The quantitative estimate of drug-likeness (QED) is 0.733. The summed E-state index contributed by atoms with van der Waals surface area (Å²) in [7, 11) is 0. The van der Waals surface area contributed by atoms with E-state index in [1.165, 1.54) is 0 Å². The van der Waals surface area contributed by atoms with Crippen LogP contribution in [0.25, 0.3) is 0 Å². The van der Waals surface area contributed by atoms with Gasteiger partial charge in [0, 0.05) is 22.4 Å². The molecule has 0 unspecified atom stereocenters. The van der Waals surface area contributed by atoms with Crippen LogP contribution in [0.2, 0.25) is 10.0 Å². The molecule has 1 heterocycles. The van der Waals surface area contributed by atoms with Gasteiger partial charge in [-0.2, -0.15) is 26.3 Å². The Morgan fingerprint density at radius 1 is 1.00 bits per heavy atom. The lowest BCUT2D eigenvalue weighted by Gasteiger charge is -2.19. The fourth-order valence-corrected chi connectivity index (χ4v) is 2.41. The summed E-state index contributed by atoms with van der Waals surface area (Å²) in [5.41, 5.74) is -2.11. The molecule has 2 rings (SSSR count). The third kappa shape index (κ3) is 4.74. The highest BCUT2D eigenvalue weighted by Crippen LogP contribution is 2.39. The van der Waals surface area contributed by atoms with Gasteiger partial charge < -0.3 is 5.11 Å². The van der Waals surface area contributed by atoms with E-state index in [4.69, 9.17) is 23.2 Å². The summed E-state index contributed by atoms with van der Waals surface area (Å²) in [4.78, 5) is 6.85. The molecule has 0 saturated heterocycles. The summed E-state index contributed by atoms with van der Waals surface area (Å²) in [6, 6.07) is 1.97. The number of aromatic nitrogens is 2. The Kier molecular flexibility index (Phi) is 5.50. The maximum atomic E-state index is 12.8. The lowest BCUT2D eigenvalue weighted by Crippen LogP contribution is -2.21. The second-order valence-corrected chi connectivity index (χ2v) is 5.65. The van der Waals surface area contributed by atoms with E-state index < -0.39 is 29.6 Å². The van der Waals surface area contributed by atoms with Gasteiger partial charge in [-0.15, -0.1) is 0 Å². The summed E-state index contributed by atoms with van der Waals surface area (Å²) < 4.78 is 75.8. The molecular weight excluding hydrogens is 397 g/mol. The monoisotopic (exact) mass is 403 g/mol. The maximum Gasteiger partial charge on any atom is 0.419 e. The molecule has 1 atom stereocenters. The molecule has 135 valence electrons. The highest BCUT2D eigenvalue weighted by Gasteiger charge is 2.41. The zero-order chi connectivity index (χ0) is 19.0. The number of halogens is 8. The van der Waals surface area contributed by atoms with E-state index in [9.17, 15) is 31.4 Å². The first kappa shape index (κ1) is 19.7. The molecule has 3 nitrogen and oxygen atoms in total. The molecule has 2 aromatic rings. The van der Waals surface area contributed by atoms with Crippen LogP contribution in [0.3, 0.4) is 0 Å². The van der Waals surface area contributed by atoms with Crippen molar-refractivity contribution >= 4 is 23.2 Å². The Morgan fingerprint density at radius 3 is 2.04 bits per heavy atom. The summed E-state index contributed by atoms with van der Waals surface area (Å²) in [6.45, 7) is 0. The molecule has 1 N–H and O–H groups in total. The minimum absolute atomic E-state index is 0.159. The third-order valence-corrected chi connectivity index (χ3v) is 3.53. The van der Waals surface area contributed by atoms with E-state index in [-0.39, 0.29) is 21.4 Å². The van der Waals surface area contributed by atoms with Crippen LogP contribution in [-0.2, 0) is 6.18 Å². The molecule has 1 aromatic heterocycles. The van der Waals surface area contributed by atoms with Crippen molar-refractivity contribution in [3.05, 3.63) is 63.5 Å². The van der Waals surface area contributed by atoms with Gasteiger partial charge in [0.15, 0.2) is 6.10 Å². The van der Waals surface area contributed by atoms with Gasteiger partial charge in [0.05, 0.1) is 12.0 Å². The maximum absolute atomic E-state index is 12.8. The third-order valence-electron chi connectivity index (χ3n) is 3.00. The molecule has 0 spiro atoms. The Hall–Kier alpha value is -1.58. The zero-order valence-electron chi connectivity index (χ0n) is 11.8. The van der Waals surface area contributed by atoms with Crippen LogP contribution in [0.4, 0.5) is 26.3 Å². The van der Waals surface area contributed by atoms with Crippen LogP contribution in [0, 0.1) is 6.42 Å². The average molecular weight is 404 g/mol. The smallest absolute Gasteiger partial charge is 0.379 e. The van der Waals surface area contributed by atoms with Crippen molar-refractivity contribution in [3.8, 4) is 0 Å². The van der Waals surface area contributed by atoms with Crippen LogP contribution in [-0.4, -0.2) is 21.3 Å². The molecule has 0 bridgehead atoms. The van der Waals surface area contributed by atoms with Gasteiger partial charge in [-0.3, -0.25) is 0 Å². The van der Waals surface area contributed by atoms with Crippen LogP contribution in [0.1, 0.15) is 28.6 Å². The predicted octanol–water partition coefficient (Wildman–Crippen LogP) is 5.00. The Labute approximate surface area is 147 Å². The fourth-order valence-electron chi connectivity index (χ4n) is 1.85.